The summed E-state index contributed by atoms with van der Waals surface area (Å²) in [4.78, 5) is 29.9. The van der Waals surface area contributed by atoms with E-state index >= 15 is 0 Å². The fourth-order valence-electron chi connectivity index (χ4n) is 3.57. The quantitative estimate of drug-likeness (QED) is 0.286. The van der Waals surface area contributed by atoms with Crippen LogP contribution in [-0.4, -0.2) is 38.9 Å². The van der Waals surface area contributed by atoms with E-state index in [1.54, 1.807) is 35.9 Å². The summed E-state index contributed by atoms with van der Waals surface area (Å²) in [5.74, 6) is 0.236. The summed E-state index contributed by atoms with van der Waals surface area (Å²) in [6.45, 7) is 5.88. The smallest absolute Gasteiger partial charge is 0.338 e. The molecule has 1 aliphatic heterocycles. The van der Waals surface area contributed by atoms with Crippen molar-refractivity contribution in [3.8, 4) is 0 Å². The topological polar surface area (TPSA) is 86.1 Å². The molecule has 0 saturated heterocycles. The van der Waals surface area contributed by atoms with Crippen LogP contribution in [0.25, 0.3) is 0 Å². The zero-order valence-electron chi connectivity index (χ0n) is 18.5. The van der Waals surface area contributed by atoms with E-state index in [0.29, 0.717) is 33.0 Å². The van der Waals surface area contributed by atoms with Crippen molar-refractivity contribution < 1.29 is 14.3 Å². The number of halogens is 1. The lowest BCUT2D eigenvalue weighted by molar-refractivity contribution is -0.139. The van der Waals surface area contributed by atoms with Gasteiger partial charge in [-0.05, 0) is 50.6 Å². The number of benzene rings is 2. The zero-order valence-corrected chi connectivity index (χ0v) is 20.0. The van der Waals surface area contributed by atoms with Crippen molar-refractivity contribution in [3.05, 3.63) is 81.5 Å². The van der Waals surface area contributed by atoms with E-state index < -0.39 is 12.0 Å². The van der Waals surface area contributed by atoms with E-state index in [2.05, 4.69) is 15.4 Å². The predicted octanol–water partition coefficient (Wildman–Crippen LogP) is 5.07. The van der Waals surface area contributed by atoms with Crippen LogP contribution in [0, 0.1) is 6.92 Å². The number of ether oxygens (including phenoxy) is 1. The number of anilines is 1. The molecular weight excluding hydrogens is 460 g/mol. The molecule has 1 aromatic heterocycles. The summed E-state index contributed by atoms with van der Waals surface area (Å²) in [6, 6.07) is 14.2. The maximum atomic E-state index is 12.8. The molecule has 7 nitrogen and oxygen atoms in total. The van der Waals surface area contributed by atoms with E-state index in [4.69, 9.17) is 16.3 Å². The lowest BCUT2D eigenvalue weighted by Gasteiger charge is -2.28. The van der Waals surface area contributed by atoms with Gasteiger partial charge in [-0.1, -0.05) is 53.2 Å². The van der Waals surface area contributed by atoms with Crippen molar-refractivity contribution >= 4 is 41.1 Å². The van der Waals surface area contributed by atoms with Gasteiger partial charge in [0.05, 0.1) is 17.9 Å². The highest BCUT2D eigenvalue weighted by Crippen LogP contribution is 2.36. The molecule has 1 aliphatic rings. The first-order valence-corrected chi connectivity index (χ1v) is 11.8. The molecule has 9 heteroatoms. The molecule has 1 atom stereocenters. The first kappa shape index (κ1) is 23.1. The Hall–Kier alpha value is -3.10. The lowest BCUT2D eigenvalue weighted by Crippen LogP contribution is -2.29. The van der Waals surface area contributed by atoms with Gasteiger partial charge in [-0.15, -0.1) is 5.10 Å². The summed E-state index contributed by atoms with van der Waals surface area (Å²) < 4.78 is 7.01. The number of esters is 1. The summed E-state index contributed by atoms with van der Waals surface area (Å²) in [5, 5.41) is 8.81. The number of ketones is 1. The van der Waals surface area contributed by atoms with Crippen LogP contribution in [0.3, 0.4) is 0 Å². The number of thioether (sulfide) groups is 1. The second kappa shape index (κ2) is 9.80. The third-order valence-corrected chi connectivity index (χ3v) is 6.31. The van der Waals surface area contributed by atoms with E-state index in [9.17, 15) is 9.59 Å². The fraction of sp³-hybridized carbons (Fsp3) is 0.250. The van der Waals surface area contributed by atoms with Crippen LogP contribution in [-0.2, 0) is 9.53 Å². The Kier molecular flexibility index (Phi) is 6.85. The van der Waals surface area contributed by atoms with Crippen molar-refractivity contribution in [2.75, 3.05) is 17.7 Å². The van der Waals surface area contributed by atoms with Crippen LogP contribution in [0.2, 0.25) is 5.02 Å². The van der Waals surface area contributed by atoms with Crippen LogP contribution >= 0.6 is 23.4 Å². The van der Waals surface area contributed by atoms with E-state index in [1.165, 1.54) is 11.8 Å². The molecule has 33 heavy (non-hydrogen) atoms. The Morgan fingerprint density at radius 2 is 1.82 bits per heavy atom. The van der Waals surface area contributed by atoms with Gasteiger partial charge in [0.15, 0.2) is 5.78 Å². The summed E-state index contributed by atoms with van der Waals surface area (Å²) >= 11 is 7.14. The Morgan fingerprint density at radius 1 is 1.12 bits per heavy atom. The first-order valence-electron chi connectivity index (χ1n) is 10.5. The molecule has 0 radical (unpaired) electrons. The highest BCUT2D eigenvalue weighted by molar-refractivity contribution is 7.99. The average Bonchev–Trinajstić information content (AvgIpc) is 3.20. The largest absolute Gasteiger partial charge is 0.463 e. The average molecular weight is 483 g/mol. The van der Waals surface area contributed by atoms with Crippen molar-refractivity contribution in [3.63, 3.8) is 0 Å². The summed E-state index contributed by atoms with van der Waals surface area (Å²) in [7, 11) is 0. The van der Waals surface area contributed by atoms with E-state index in [0.717, 1.165) is 11.1 Å². The summed E-state index contributed by atoms with van der Waals surface area (Å²) in [6.07, 6.45) is 0. The number of aromatic nitrogens is 3. The Morgan fingerprint density at radius 3 is 2.48 bits per heavy atom. The van der Waals surface area contributed by atoms with Gasteiger partial charge in [-0.2, -0.15) is 4.98 Å². The van der Waals surface area contributed by atoms with Gasteiger partial charge in [0, 0.05) is 16.3 Å². The zero-order chi connectivity index (χ0) is 23.5. The monoisotopic (exact) mass is 482 g/mol. The molecule has 3 aromatic rings. The molecule has 0 aliphatic carbocycles. The molecule has 0 saturated carbocycles. The number of aryl methyl sites for hydroxylation is 1. The van der Waals surface area contributed by atoms with Gasteiger partial charge in [-0.3, -0.25) is 4.79 Å². The molecule has 170 valence electrons. The molecule has 0 amide bonds. The van der Waals surface area contributed by atoms with Crippen molar-refractivity contribution in [2.24, 2.45) is 0 Å². The minimum Gasteiger partial charge on any atom is -0.463 e. The van der Waals surface area contributed by atoms with Crippen LogP contribution < -0.4 is 5.32 Å². The Bertz CT molecular complexity index is 1220. The van der Waals surface area contributed by atoms with Crippen molar-refractivity contribution in [2.45, 2.75) is 32.0 Å². The minimum absolute atomic E-state index is 0.0472. The number of fused-ring (bicyclic) bond motifs is 1. The van der Waals surface area contributed by atoms with Crippen LogP contribution in [0.4, 0.5) is 5.95 Å². The predicted molar refractivity (Wildman–Crippen MR) is 129 cm³/mol. The van der Waals surface area contributed by atoms with Gasteiger partial charge in [0.2, 0.25) is 11.1 Å². The van der Waals surface area contributed by atoms with E-state index in [1.807, 2.05) is 38.1 Å². The molecule has 0 bridgehead atoms. The molecular formula is C24H23ClN4O3S. The number of Topliss-reactive ketones (excluding diaryl/α,β-unsaturated/α-hetero) is 1. The number of nitrogens with one attached hydrogen (secondary N) is 1. The number of hydrogen-bond donors (Lipinski definition) is 1. The molecule has 1 unspecified atom stereocenters. The SMILES string of the molecule is CCOC(=O)C1=C(C)Nc2nc(SCC(=O)c3ccc(Cl)cc3)nn2C1c1ccc(C)cc1. The third-order valence-electron chi connectivity index (χ3n) is 5.22. The fourth-order valence-corrected chi connectivity index (χ4v) is 4.42. The van der Waals surface area contributed by atoms with Crippen molar-refractivity contribution in [1.29, 1.82) is 0 Å². The normalized spacial score (nSPS) is 15.1. The van der Waals surface area contributed by atoms with Crippen LogP contribution in [0.1, 0.15) is 41.4 Å². The number of carbonyl (C=O) groups excluding carboxylic acids is 2. The van der Waals surface area contributed by atoms with Gasteiger partial charge >= 0.3 is 5.97 Å². The second-order valence-corrected chi connectivity index (χ2v) is 8.96. The Labute approximate surface area is 201 Å². The van der Waals surface area contributed by atoms with Gasteiger partial charge in [0.25, 0.3) is 0 Å². The molecule has 0 fully saturated rings. The highest BCUT2D eigenvalue weighted by atomic mass is 35.5. The molecule has 4 rings (SSSR count). The minimum atomic E-state index is -0.491. The van der Waals surface area contributed by atoms with Gasteiger partial charge in [0.1, 0.15) is 6.04 Å². The number of carbonyl (C=O) groups is 2. The number of nitrogens with zero attached hydrogens (tertiary/aromatic N) is 3. The van der Waals surface area contributed by atoms with Crippen LogP contribution in [0.5, 0.6) is 0 Å². The maximum absolute atomic E-state index is 12.8. The third kappa shape index (κ3) is 4.96. The lowest BCUT2D eigenvalue weighted by atomic mass is 9.95. The number of hydrogen-bond acceptors (Lipinski definition) is 7. The molecule has 2 heterocycles. The van der Waals surface area contributed by atoms with Gasteiger partial charge in [-0.25, -0.2) is 9.48 Å². The highest BCUT2D eigenvalue weighted by Gasteiger charge is 2.35. The Balaban J connectivity index is 1.63. The number of allylic oxidation sites excluding steroid dienone is 1. The molecule has 1 N–H and O–H groups in total. The second-order valence-electron chi connectivity index (χ2n) is 7.58. The molecule has 2 aromatic carbocycles. The van der Waals surface area contributed by atoms with Crippen LogP contribution in [0.15, 0.2) is 65.0 Å². The van der Waals surface area contributed by atoms with Crippen molar-refractivity contribution in [1.82, 2.24) is 14.8 Å². The van der Waals surface area contributed by atoms with Gasteiger partial charge < -0.3 is 10.1 Å². The van der Waals surface area contributed by atoms with E-state index in [-0.39, 0.29) is 18.1 Å². The molecule has 0 spiro atoms. The maximum Gasteiger partial charge on any atom is 0.338 e. The standard InChI is InChI=1S/C24H23ClN4O3S/c1-4-32-22(31)20-15(3)26-23-27-24(33-13-19(30)16-9-11-18(25)12-10-16)28-29(23)21(20)17-7-5-14(2)6-8-17/h5-12,21H,4,13H2,1-3H3,(H,26,27,28). The number of rotatable bonds is 7. The summed E-state index contributed by atoms with van der Waals surface area (Å²) in [5.41, 5.74) is 3.72. The first-order chi connectivity index (χ1) is 15.9.